The first-order valence-corrected chi connectivity index (χ1v) is 6.04. The molecule has 0 bridgehead atoms. The van der Waals surface area contributed by atoms with Gasteiger partial charge < -0.3 is 4.74 Å². The molecule has 1 aromatic carbocycles. The number of carbonyl (C=O) groups is 1. The number of esters is 1. The minimum absolute atomic E-state index is 0.104. The van der Waals surface area contributed by atoms with E-state index in [2.05, 4.69) is 4.74 Å². The molecule has 1 heterocycles. The zero-order chi connectivity index (χ0) is 11.8. The molecule has 6 heteroatoms. The molecule has 5 nitrogen and oxygen atoms in total. The van der Waals surface area contributed by atoms with Crippen LogP contribution in [0, 0.1) is 0 Å². The molecule has 0 aromatic heterocycles. The van der Waals surface area contributed by atoms with E-state index >= 15 is 0 Å². The monoisotopic (exact) mass is 242 g/mol. The summed E-state index contributed by atoms with van der Waals surface area (Å²) in [6.45, 7) is 0. The Morgan fingerprint density at radius 1 is 1.44 bits per heavy atom. The van der Waals surface area contributed by atoms with Gasteiger partial charge >= 0.3 is 5.97 Å². The molecule has 0 radical (unpaired) electrons. The highest BCUT2D eigenvalue weighted by atomic mass is 32.2. The van der Waals surface area contributed by atoms with Gasteiger partial charge in [0, 0.05) is 5.56 Å². The Morgan fingerprint density at radius 3 is 2.81 bits per heavy atom. The molecule has 0 fully saturated rings. The van der Waals surface area contributed by atoms with Gasteiger partial charge in [0.25, 0.3) is 10.1 Å². The minimum Gasteiger partial charge on any atom is -0.469 e. The molecule has 0 aliphatic carbocycles. The summed E-state index contributed by atoms with van der Waals surface area (Å²) in [6, 6.07) is 6.41. The standard InChI is InChI=1S/C10H10O5S/c1-14-10(11)6-8-7-4-2-3-5-9(7)16(12,13)15-8/h2-5,8H,6H2,1H3. The fourth-order valence-corrected chi connectivity index (χ4v) is 2.92. The highest BCUT2D eigenvalue weighted by Crippen LogP contribution is 2.38. The molecular formula is C10H10O5S. The second-order valence-electron chi connectivity index (χ2n) is 3.36. The van der Waals surface area contributed by atoms with E-state index in [1.807, 2.05) is 0 Å². The third kappa shape index (κ3) is 1.81. The van der Waals surface area contributed by atoms with Crippen LogP contribution in [0.3, 0.4) is 0 Å². The zero-order valence-electron chi connectivity index (χ0n) is 8.54. The molecule has 0 saturated carbocycles. The van der Waals surface area contributed by atoms with E-state index in [4.69, 9.17) is 4.18 Å². The Kier molecular flexibility index (Phi) is 2.69. The molecule has 2 rings (SSSR count). The van der Waals surface area contributed by atoms with Crippen LogP contribution in [0.4, 0.5) is 0 Å². The smallest absolute Gasteiger partial charge is 0.308 e. The van der Waals surface area contributed by atoms with Gasteiger partial charge in [-0.1, -0.05) is 18.2 Å². The predicted octanol–water partition coefficient (Wildman–Crippen LogP) is 1.01. The molecule has 0 amide bonds. The molecular weight excluding hydrogens is 232 g/mol. The van der Waals surface area contributed by atoms with E-state index in [0.29, 0.717) is 5.56 Å². The van der Waals surface area contributed by atoms with Crippen LogP contribution in [-0.2, 0) is 23.8 Å². The number of benzene rings is 1. The topological polar surface area (TPSA) is 69.7 Å². The molecule has 86 valence electrons. The van der Waals surface area contributed by atoms with Crippen molar-refractivity contribution in [3.8, 4) is 0 Å². The number of fused-ring (bicyclic) bond motifs is 1. The molecule has 1 atom stereocenters. The second kappa shape index (κ2) is 3.88. The Hall–Kier alpha value is -1.40. The molecule has 1 aliphatic heterocycles. The molecule has 1 unspecified atom stereocenters. The van der Waals surface area contributed by atoms with Crippen LogP contribution in [-0.4, -0.2) is 21.5 Å². The van der Waals surface area contributed by atoms with Gasteiger partial charge in [-0.05, 0) is 6.07 Å². The van der Waals surface area contributed by atoms with Gasteiger partial charge in [-0.15, -0.1) is 0 Å². The summed E-state index contributed by atoms with van der Waals surface area (Å²) in [6.07, 6.45) is -0.874. The third-order valence-electron chi connectivity index (χ3n) is 2.36. The van der Waals surface area contributed by atoms with Crippen molar-refractivity contribution in [2.24, 2.45) is 0 Å². The molecule has 0 spiro atoms. The first-order valence-electron chi connectivity index (χ1n) is 4.63. The quantitative estimate of drug-likeness (QED) is 0.571. The van der Waals surface area contributed by atoms with Crippen LogP contribution < -0.4 is 0 Å². The number of hydrogen-bond donors (Lipinski definition) is 0. The average molecular weight is 242 g/mol. The van der Waals surface area contributed by atoms with Gasteiger partial charge in [-0.3, -0.25) is 8.98 Å². The summed E-state index contributed by atoms with van der Waals surface area (Å²) < 4.78 is 32.5. The van der Waals surface area contributed by atoms with Crippen LogP contribution in [0.25, 0.3) is 0 Å². The largest absolute Gasteiger partial charge is 0.469 e. The van der Waals surface area contributed by atoms with Crippen molar-refractivity contribution in [3.05, 3.63) is 29.8 Å². The van der Waals surface area contributed by atoms with Crippen LogP contribution in [0.5, 0.6) is 0 Å². The van der Waals surface area contributed by atoms with Crippen molar-refractivity contribution >= 4 is 16.1 Å². The van der Waals surface area contributed by atoms with E-state index in [-0.39, 0.29) is 11.3 Å². The maximum absolute atomic E-state index is 11.6. The number of hydrogen-bond acceptors (Lipinski definition) is 5. The average Bonchev–Trinajstić information content (AvgIpc) is 2.51. The lowest BCUT2D eigenvalue weighted by Gasteiger charge is -2.06. The number of rotatable bonds is 2. The SMILES string of the molecule is COC(=O)CC1OS(=O)(=O)c2ccccc21. The van der Waals surface area contributed by atoms with Gasteiger partial charge in [-0.2, -0.15) is 8.42 Å². The van der Waals surface area contributed by atoms with Crippen LogP contribution in [0.1, 0.15) is 18.1 Å². The van der Waals surface area contributed by atoms with E-state index in [1.54, 1.807) is 18.2 Å². The summed E-state index contributed by atoms with van der Waals surface area (Å²) in [5.74, 6) is -0.503. The minimum atomic E-state index is -3.72. The Morgan fingerprint density at radius 2 is 2.12 bits per heavy atom. The number of carbonyl (C=O) groups excluding carboxylic acids is 1. The maximum Gasteiger partial charge on any atom is 0.308 e. The van der Waals surface area contributed by atoms with Crippen LogP contribution in [0.2, 0.25) is 0 Å². The molecule has 1 aliphatic rings. The Bertz CT molecular complexity index is 520. The van der Waals surface area contributed by atoms with Crippen LogP contribution in [0.15, 0.2) is 29.2 Å². The van der Waals surface area contributed by atoms with Crippen molar-refractivity contribution in [2.45, 2.75) is 17.4 Å². The summed E-state index contributed by atoms with van der Waals surface area (Å²) in [5, 5.41) is 0. The summed E-state index contributed by atoms with van der Waals surface area (Å²) in [5.41, 5.74) is 0.507. The highest BCUT2D eigenvalue weighted by molar-refractivity contribution is 7.87. The summed E-state index contributed by atoms with van der Waals surface area (Å²) in [4.78, 5) is 11.2. The molecule has 16 heavy (non-hydrogen) atoms. The van der Waals surface area contributed by atoms with Crippen molar-refractivity contribution < 1.29 is 22.1 Å². The summed E-state index contributed by atoms with van der Waals surface area (Å²) >= 11 is 0. The van der Waals surface area contributed by atoms with E-state index in [1.165, 1.54) is 13.2 Å². The third-order valence-corrected chi connectivity index (χ3v) is 3.75. The van der Waals surface area contributed by atoms with Gasteiger partial charge in [0.2, 0.25) is 0 Å². The Labute approximate surface area is 93.1 Å². The normalized spacial score (nSPS) is 21.4. The van der Waals surface area contributed by atoms with E-state index < -0.39 is 22.2 Å². The number of ether oxygens (including phenoxy) is 1. The first-order chi connectivity index (χ1) is 7.54. The van der Waals surface area contributed by atoms with Crippen molar-refractivity contribution in [3.63, 3.8) is 0 Å². The lowest BCUT2D eigenvalue weighted by atomic mass is 10.1. The van der Waals surface area contributed by atoms with Crippen LogP contribution >= 0.6 is 0 Å². The van der Waals surface area contributed by atoms with Gasteiger partial charge in [0.05, 0.1) is 18.4 Å². The lowest BCUT2D eigenvalue weighted by Crippen LogP contribution is -2.08. The first kappa shape index (κ1) is 11.1. The maximum atomic E-state index is 11.6. The second-order valence-corrected chi connectivity index (χ2v) is 4.90. The van der Waals surface area contributed by atoms with E-state index in [0.717, 1.165) is 0 Å². The predicted molar refractivity (Wildman–Crippen MR) is 54.1 cm³/mol. The molecule has 0 saturated heterocycles. The molecule has 1 aromatic rings. The Balaban J connectivity index is 2.37. The van der Waals surface area contributed by atoms with Crippen molar-refractivity contribution in [1.29, 1.82) is 0 Å². The van der Waals surface area contributed by atoms with E-state index in [9.17, 15) is 13.2 Å². The van der Waals surface area contributed by atoms with Gasteiger partial charge in [0.1, 0.15) is 6.10 Å². The molecule has 0 N–H and O–H groups in total. The van der Waals surface area contributed by atoms with Gasteiger partial charge in [0.15, 0.2) is 0 Å². The van der Waals surface area contributed by atoms with Gasteiger partial charge in [-0.25, -0.2) is 0 Å². The summed E-state index contributed by atoms with van der Waals surface area (Å²) in [7, 11) is -2.47. The highest BCUT2D eigenvalue weighted by Gasteiger charge is 2.36. The van der Waals surface area contributed by atoms with Crippen molar-refractivity contribution in [1.82, 2.24) is 0 Å². The fourth-order valence-electron chi connectivity index (χ4n) is 1.61. The zero-order valence-corrected chi connectivity index (χ0v) is 9.36. The lowest BCUT2D eigenvalue weighted by molar-refractivity contribution is -0.142. The number of methoxy groups -OCH3 is 1. The van der Waals surface area contributed by atoms with Crippen molar-refractivity contribution in [2.75, 3.05) is 7.11 Å². The fraction of sp³-hybridized carbons (Fsp3) is 0.300.